The van der Waals surface area contributed by atoms with Gasteiger partial charge < -0.3 is 16.6 Å². The van der Waals surface area contributed by atoms with Gasteiger partial charge >= 0.3 is 0 Å². The summed E-state index contributed by atoms with van der Waals surface area (Å²) in [6.45, 7) is 4.69. The minimum absolute atomic E-state index is 0. The van der Waals surface area contributed by atoms with Gasteiger partial charge in [-0.1, -0.05) is 6.08 Å². The highest BCUT2D eigenvalue weighted by Crippen LogP contribution is 2.23. The Hall–Kier alpha value is -1.18. The van der Waals surface area contributed by atoms with Crippen molar-refractivity contribution in [3.05, 3.63) is 36.2 Å². The van der Waals surface area contributed by atoms with Gasteiger partial charge in [-0.05, 0) is 24.6 Å². The third-order valence-corrected chi connectivity index (χ3v) is 3.57. The van der Waals surface area contributed by atoms with Crippen LogP contribution in [-0.2, 0) is 4.74 Å². The molecule has 0 aromatic carbocycles. The second-order valence-electron chi connectivity index (χ2n) is 5.00. The second kappa shape index (κ2) is 5.85. The summed E-state index contributed by atoms with van der Waals surface area (Å²) in [5.74, 6) is 0. The monoisotopic (exact) mass is 265 g/mol. The number of morpholine rings is 1. The molecule has 1 fully saturated rings. The molecule has 1 atom stereocenters. The number of hydrazine groups is 1. The summed E-state index contributed by atoms with van der Waals surface area (Å²) in [6, 6.07) is 0. The van der Waals surface area contributed by atoms with Gasteiger partial charge in [-0.2, -0.15) is 0 Å². The smallest absolute Gasteiger partial charge is 0.107 e. The summed E-state index contributed by atoms with van der Waals surface area (Å²) in [4.78, 5) is 2.40. The first-order valence-electron chi connectivity index (χ1n) is 6.49. The number of hydrogen-bond donors (Lipinski definition) is 3. The van der Waals surface area contributed by atoms with Crippen molar-refractivity contribution in [1.82, 2.24) is 21.5 Å². The molecule has 106 valence electrons. The summed E-state index contributed by atoms with van der Waals surface area (Å²) in [7, 11) is 0. The summed E-state index contributed by atoms with van der Waals surface area (Å²) in [6.07, 6.45) is 11.1. The summed E-state index contributed by atoms with van der Waals surface area (Å²) in [5, 5.41) is 1.99. The molecule has 3 aliphatic heterocycles. The van der Waals surface area contributed by atoms with Gasteiger partial charge in [-0.15, -0.1) is 0 Å². The third-order valence-electron chi connectivity index (χ3n) is 3.57. The average Bonchev–Trinajstić information content (AvgIpc) is 2.74. The van der Waals surface area contributed by atoms with Gasteiger partial charge in [0.05, 0.1) is 18.9 Å². The topological polar surface area (TPSA) is 88.8 Å². The van der Waals surface area contributed by atoms with E-state index in [-0.39, 0.29) is 6.15 Å². The highest BCUT2D eigenvalue weighted by Gasteiger charge is 2.32. The molecule has 0 bridgehead atoms. The van der Waals surface area contributed by atoms with Crippen molar-refractivity contribution in [2.45, 2.75) is 12.1 Å². The molecule has 3 aliphatic rings. The van der Waals surface area contributed by atoms with E-state index in [0.717, 1.165) is 45.0 Å². The lowest BCUT2D eigenvalue weighted by atomic mass is 10.1. The number of nitrogens with two attached hydrogens (primary N) is 1. The number of allylic oxidation sites excluding steroid dienone is 3. The Balaban J connectivity index is 0.00000133. The van der Waals surface area contributed by atoms with Crippen molar-refractivity contribution in [2.24, 2.45) is 5.73 Å². The van der Waals surface area contributed by atoms with E-state index >= 15 is 0 Å². The lowest BCUT2D eigenvalue weighted by Gasteiger charge is -2.31. The van der Waals surface area contributed by atoms with Gasteiger partial charge in [0.1, 0.15) is 5.66 Å². The maximum atomic E-state index is 6.38. The Bertz CT molecular complexity index is 400. The van der Waals surface area contributed by atoms with Crippen LogP contribution < -0.4 is 17.3 Å². The number of nitrogens with one attached hydrogen (secondary N) is 1. The maximum absolute atomic E-state index is 6.38. The van der Waals surface area contributed by atoms with E-state index < -0.39 is 5.66 Å². The molecule has 6 heteroatoms. The summed E-state index contributed by atoms with van der Waals surface area (Å²) in [5.41, 5.74) is 10.4. The Morgan fingerprint density at radius 3 is 2.84 bits per heavy atom. The number of ether oxygens (including phenoxy) is 1. The molecule has 0 aromatic rings. The molecule has 0 aliphatic carbocycles. The van der Waals surface area contributed by atoms with E-state index in [4.69, 9.17) is 10.5 Å². The van der Waals surface area contributed by atoms with Crippen molar-refractivity contribution < 1.29 is 4.74 Å². The van der Waals surface area contributed by atoms with Crippen molar-refractivity contribution in [3.63, 3.8) is 0 Å². The zero-order valence-electron chi connectivity index (χ0n) is 11.2. The van der Waals surface area contributed by atoms with E-state index in [9.17, 15) is 0 Å². The largest absolute Gasteiger partial charge is 0.379 e. The molecule has 0 aromatic heterocycles. The van der Waals surface area contributed by atoms with E-state index in [1.807, 2.05) is 23.4 Å². The molecule has 6 N–H and O–H groups in total. The van der Waals surface area contributed by atoms with Crippen molar-refractivity contribution in [1.29, 1.82) is 0 Å². The van der Waals surface area contributed by atoms with Crippen LogP contribution in [0.5, 0.6) is 0 Å². The number of rotatable bonds is 3. The SMILES string of the molecule is N.NC1(CCN2CCOCC2)C=C2C=CC=CN2N1. The number of hydrogen-bond acceptors (Lipinski definition) is 6. The Kier molecular flexibility index (Phi) is 4.38. The lowest BCUT2D eigenvalue weighted by Crippen LogP contribution is -2.54. The van der Waals surface area contributed by atoms with Gasteiger partial charge in [0, 0.05) is 25.8 Å². The fourth-order valence-electron chi connectivity index (χ4n) is 2.49. The van der Waals surface area contributed by atoms with E-state index in [0.29, 0.717) is 0 Å². The molecular formula is C13H23N5O. The normalized spacial score (nSPS) is 29.9. The van der Waals surface area contributed by atoms with Crippen molar-refractivity contribution >= 4 is 0 Å². The first-order valence-corrected chi connectivity index (χ1v) is 6.49. The number of fused-ring (bicyclic) bond motifs is 1. The molecule has 0 spiro atoms. The van der Waals surface area contributed by atoms with E-state index in [2.05, 4.69) is 22.5 Å². The second-order valence-corrected chi connectivity index (χ2v) is 5.00. The van der Waals surface area contributed by atoms with Crippen LogP contribution in [0.25, 0.3) is 0 Å². The average molecular weight is 265 g/mol. The van der Waals surface area contributed by atoms with E-state index in [1.165, 1.54) is 0 Å². The molecule has 6 nitrogen and oxygen atoms in total. The van der Waals surface area contributed by atoms with Gasteiger partial charge in [0.25, 0.3) is 0 Å². The molecule has 1 saturated heterocycles. The van der Waals surface area contributed by atoms with Crippen molar-refractivity contribution in [2.75, 3.05) is 32.8 Å². The number of nitrogens with zero attached hydrogens (tertiary/aromatic N) is 2. The van der Waals surface area contributed by atoms with Crippen LogP contribution in [0.15, 0.2) is 36.2 Å². The first kappa shape index (κ1) is 14.2. The van der Waals surface area contributed by atoms with Gasteiger partial charge in [0.2, 0.25) is 0 Å². The van der Waals surface area contributed by atoms with Gasteiger partial charge in [0.15, 0.2) is 0 Å². The van der Waals surface area contributed by atoms with Crippen LogP contribution in [0.1, 0.15) is 6.42 Å². The Morgan fingerprint density at radius 2 is 2.11 bits per heavy atom. The van der Waals surface area contributed by atoms with Crippen LogP contribution in [0.4, 0.5) is 0 Å². The molecule has 0 amide bonds. The van der Waals surface area contributed by atoms with Crippen molar-refractivity contribution in [3.8, 4) is 0 Å². The molecule has 3 rings (SSSR count). The lowest BCUT2D eigenvalue weighted by molar-refractivity contribution is 0.0340. The minimum Gasteiger partial charge on any atom is -0.379 e. The predicted molar refractivity (Wildman–Crippen MR) is 75.2 cm³/mol. The minimum atomic E-state index is -0.438. The predicted octanol–water partition coefficient (Wildman–Crippen LogP) is 0.313. The molecule has 0 radical (unpaired) electrons. The van der Waals surface area contributed by atoms with E-state index in [1.54, 1.807) is 0 Å². The van der Waals surface area contributed by atoms with Crippen LogP contribution in [-0.4, -0.2) is 48.4 Å². The molecular weight excluding hydrogens is 242 g/mol. The maximum Gasteiger partial charge on any atom is 0.107 e. The van der Waals surface area contributed by atoms with Crippen LogP contribution in [0, 0.1) is 0 Å². The zero-order valence-corrected chi connectivity index (χ0v) is 11.2. The molecule has 0 saturated carbocycles. The zero-order chi connectivity index (χ0) is 12.4. The molecule has 3 heterocycles. The Morgan fingerprint density at radius 1 is 1.32 bits per heavy atom. The first-order chi connectivity index (χ1) is 8.75. The van der Waals surface area contributed by atoms with Crippen LogP contribution >= 0.6 is 0 Å². The standard InChI is InChI=1S/C13H20N4O.H3N/c14-13(4-6-16-7-9-18-10-8-16)11-12-3-1-2-5-17(12)15-13;/h1-3,5,11,15H,4,6-10,14H2;1H3. The Labute approximate surface area is 114 Å². The van der Waals surface area contributed by atoms with Crippen LogP contribution in [0.2, 0.25) is 0 Å². The van der Waals surface area contributed by atoms with Gasteiger partial charge in [-0.25, -0.2) is 5.43 Å². The fraction of sp³-hybridized carbons (Fsp3) is 0.538. The third kappa shape index (κ3) is 3.23. The van der Waals surface area contributed by atoms with Crippen LogP contribution in [0.3, 0.4) is 0 Å². The molecule has 19 heavy (non-hydrogen) atoms. The van der Waals surface area contributed by atoms with Gasteiger partial charge in [-0.3, -0.25) is 9.91 Å². The summed E-state index contributed by atoms with van der Waals surface area (Å²) >= 11 is 0. The fourth-order valence-corrected chi connectivity index (χ4v) is 2.49. The highest BCUT2D eigenvalue weighted by molar-refractivity contribution is 5.33. The summed E-state index contributed by atoms with van der Waals surface area (Å²) < 4.78 is 5.35. The molecule has 1 unspecified atom stereocenters. The quantitative estimate of drug-likeness (QED) is 0.681. The highest BCUT2D eigenvalue weighted by atomic mass is 16.5.